The number of aromatic amines is 1. The largest absolute Gasteiger partial charge is 0.493 e. The van der Waals surface area contributed by atoms with Gasteiger partial charge in [0.2, 0.25) is 5.91 Å². The number of para-hydroxylation sites is 1. The zero-order chi connectivity index (χ0) is 19.5. The summed E-state index contributed by atoms with van der Waals surface area (Å²) in [5.74, 6) is 1.56. The summed E-state index contributed by atoms with van der Waals surface area (Å²) in [5, 5.41) is 4.44. The summed E-state index contributed by atoms with van der Waals surface area (Å²) in [4.78, 5) is 15.8. The van der Waals surface area contributed by atoms with Gasteiger partial charge in [0.1, 0.15) is 0 Å². The lowest BCUT2D eigenvalue weighted by molar-refractivity contribution is -0.121. The lowest BCUT2D eigenvalue weighted by atomic mass is 10.1. The lowest BCUT2D eigenvalue weighted by Gasteiger charge is -2.16. The van der Waals surface area contributed by atoms with Gasteiger partial charge in [-0.1, -0.05) is 18.2 Å². The van der Waals surface area contributed by atoms with Gasteiger partial charge in [0.15, 0.2) is 11.5 Å². The fourth-order valence-electron chi connectivity index (χ4n) is 4.13. The number of rotatable bonds is 7. The van der Waals surface area contributed by atoms with Crippen LogP contribution in [0.2, 0.25) is 0 Å². The van der Waals surface area contributed by atoms with E-state index in [1.54, 1.807) is 14.2 Å². The molecule has 1 atom stereocenters. The first-order valence-electron chi connectivity index (χ1n) is 9.78. The van der Waals surface area contributed by atoms with Crippen molar-refractivity contribution >= 4 is 16.8 Å². The molecule has 2 N–H and O–H groups in total. The van der Waals surface area contributed by atoms with Gasteiger partial charge in [0, 0.05) is 23.5 Å². The first kappa shape index (κ1) is 18.4. The minimum atomic E-state index is 0.0513. The number of carbonyl (C=O) groups excluding carboxylic acids is 1. The fourth-order valence-corrected chi connectivity index (χ4v) is 4.13. The molecule has 2 aromatic carbocycles. The van der Waals surface area contributed by atoms with Crippen molar-refractivity contribution in [1.29, 1.82) is 0 Å². The number of aromatic nitrogens is 1. The van der Waals surface area contributed by atoms with E-state index in [-0.39, 0.29) is 11.9 Å². The van der Waals surface area contributed by atoms with Crippen LogP contribution in [0, 0.1) is 0 Å². The maximum Gasteiger partial charge on any atom is 0.220 e. The standard InChI is InChI=1S/C23H26N2O3/c1-27-21-12-15-10-11-20(18(15)13-22(21)28-2)25-23(26)9-5-6-16-14-24-19-8-4-3-7-17(16)19/h3-4,7-8,12-14,20,24H,5-6,9-11H2,1-2H3,(H,25,26)/t20-/m1/s1. The minimum absolute atomic E-state index is 0.0513. The third-order valence-electron chi connectivity index (χ3n) is 5.58. The molecule has 3 aromatic rings. The van der Waals surface area contributed by atoms with Crippen LogP contribution in [0.25, 0.3) is 10.9 Å². The smallest absolute Gasteiger partial charge is 0.220 e. The van der Waals surface area contributed by atoms with E-state index < -0.39 is 0 Å². The number of H-pyrrole nitrogens is 1. The first-order chi connectivity index (χ1) is 13.7. The Morgan fingerprint density at radius 2 is 1.96 bits per heavy atom. The number of hydrogen-bond acceptors (Lipinski definition) is 3. The summed E-state index contributed by atoms with van der Waals surface area (Å²) < 4.78 is 10.8. The second kappa shape index (κ2) is 7.97. The number of hydrogen-bond donors (Lipinski definition) is 2. The maximum absolute atomic E-state index is 12.5. The van der Waals surface area contributed by atoms with E-state index in [2.05, 4.69) is 28.6 Å². The van der Waals surface area contributed by atoms with Crippen LogP contribution in [0.15, 0.2) is 42.6 Å². The van der Waals surface area contributed by atoms with Gasteiger partial charge in [-0.15, -0.1) is 0 Å². The third-order valence-corrected chi connectivity index (χ3v) is 5.58. The van der Waals surface area contributed by atoms with Gasteiger partial charge >= 0.3 is 0 Å². The van der Waals surface area contributed by atoms with Crippen LogP contribution in [-0.2, 0) is 17.6 Å². The van der Waals surface area contributed by atoms with Crippen molar-refractivity contribution in [3.63, 3.8) is 0 Å². The van der Waals surface area contributed by atoms with Crippen LogP contribution in [0.3, 0.4) is 0 Å². The molecule has 0 saturated heterocycles. The van der Waals surface area contributed by atoms with E-state index in [1.807, 2.05) is 24.3 Å². The third kappa shape index (κ3) is 3.57. The van der Waals surface area contributed by atoms with E-state index in [4.69, 9.17) is 9.47 Å². The summed E-state index contributed by atoms with van der Waals surface area (Å²) in [6, 6.07) is 12.4. The molecule has 0 radical (unpaired) electrons. The topological polar surface area (TPSA) is 63.4 Å². The highest BCUT2D eigenvalue weighted by atomic mass is 16.5. The van der Waals surface area contributed by atoms with Gasteiger partial charge in [0.25, 0.3) is 0 Å². The predicted molar refractivity (Wildman–Crippen MR) is 110 cm³/mol. The van der Waals surface area contributed by atoms with Crippen molar-refractivity contribution in [1.82, 2.24) is 10.3 Å². The van der Waals surface area contributed by atoms with Crippen molar-refractivity contribution < 1.29 is 14.3 Å². The SMILES string of the molecule is COc1cc2c(cc1OC)[C@H](NC(=O)CCCc1c[nH]c3ccccc13)CC2. The summed E-state index contributed by atoms with van der Waals surface area (Å²) >= 11 is 0. The predicted octanol–water partition coefficient (Wildman–Crippen LogP) is 4.31. The van der Waals surface area contributed by atoms with Gasteiger partial charge in [-0.3, -0.25) is 4.79 Å². The highest BCUT2D eigenvalue weighted by molar-refractivity contribution is 5.83. The average Bonchev–Trinajstić information content (AvgIpc) is 3.31. The van der Waals surface area contributed by atoms with Crippen LogP contribution < -0.4 is 14.8 Å². The summed E-state index contributed by atoms with van der Waals surface area (Å²) in [6.45, 7) is 0. The van der Waals surface area contributed by atoms with Crippen molar-refractivity contribution in [2.24, 2.45) is 0 Å². The Morgan fingerprint density at radius 1 is 1.18 bits per heavy atom. The molecule has 28 heavy (non-hydrogen) atoms. The molecule has 1 heterocycles. The Balaban J connectivity index is 1.35. The Hall–Kier alpha value is -2.95. The van der Waals surface area contributed by atoms with E-state index in [0.29, 0.717) is 12.2 Å². The summed E-state index contributed by atoms with van der Waals surface area (Å²) in [7, 11) is 3.28. The molecule has 1 aliphatic rings. The molecule has 1 amide bonds. The zero-order valence-electron chi connectivity index (χ0n) is 16.4. The molecule has 5 nitrogen and oxygen atoms in total. The number of nitrogens with one attached hydrogen (secondary N) is 2. The molecule has 0 spiro atoms. The van der Waals surface area contributed by atoms with Crippen LogP contribution in [0.4, 0.5) is 0 Å². The first-order valence-corrected chi connectivity index (χ1v) is 9.78. The molecular formula is C23H26N2O3. The van der Waals surface area contributed by atoms with Crippen LogP contribution in [0.5, 0.6) is 11.5 Å². The van der Waals surface area contributed by atoms with E-state index in [1.165, 1.54) is 16.5 Å². The van der Waals surface area contributed by atoms with Crippen molar-refractivity contribution in [2.75, 3.05) is 14.2 Å². The number of aryl methyl sites for hydroxylation is 2. The molecule has 0 bridgehead atoms. The highest BCUT2D eigenvalue weighted by Crippen LogP contribution is 2.39. The number of amides is 1. The van der Waals surface area contributed by atoms with E-state index >= 15 is 0 Å². The normalized spacial score (nSPS) is 15.4. The van der Waals surface area contributed by atoms with Gasteiger partial charge in [0.05, 0.1) is 20.3 Å². The molecule has 1 aliphatic carbocycles. The number of ether oxygens (including phenoxy) is 2. The van der Waals surface area contributed by atoms with Crippen LogP contribution in [0.1, 0.15) is 42.0 Å². The lowest BCUT2D eigenvalue weighted by Crippen LogP contribution is -2.26. The van der Waals surface area contributed by atoms with Crippen LogP contribution >= 0.6 is 0 Å². The van der Waals surface area contributed by atoms with Gasteiger partial charge in [-0.05, 0) is 60.6 Å². The Bertz CT molecular complexity index is 993. The van der Waals surface area contributed by atoms with Gasteiger partial charge in [-0.25, -0.2) is 0 Å². The molecule has 1 aromatic heterocycles. The molecule has 0 saturated carbocycles. The second-order valence-electron chi connectivity index (χ2n) is 7.28. The Kier molecular flexibility index (Phi) is 5.24. The van der Waals surface area contributed by atoms with Gasteiger partial charge < -0.3 is 19.8 Å². The number of fused-ring (bicyclic) bond motifs is 2. The molecular weight excluding hydrogens is 352 g/mol. The highest BCUT2D eigenvalue weighted by Gasteiger charge is 2.26. The van der Waals surface area contributed by atoms with Crippen molar-refractivity contribution in [3.05, 3.63) is 59.3 Å². The summed E-state index contributed by atoms with van der Waals surface area (Å²) in [6.07, 6.45) is 6.16. The molecule has 5 heteroatoms. The second-order valence-corrected chi connectivity index (χ2v) is 7.28. The van der Waals surface area contributed by atoms with Crippen LogP contribution in [-0.4, -0.2) is 25.1 Å². The quantitative estimate of drug-likeness (QED) is 0.644. The molecule has 146 valence electrons. The van der Waals surface area contributed by atoms with E-state index in [0.717, 1.165) is 42.5 Å². The van der Waals surface area contributed by atoms with E-state index in [9.17, 15) is 4.79 Å². The molecule has 4 rings (SSSR count). The zero-order valence-corrected chi connectivity index (χ0v) is 16.4. The monoisotopic (exact) mass is 378 g/mol. The number of benzene rings is 2. The number of methoxy groups -OCH3 is 2. The number of carbonyl (C=O) groups is 1. The molecule has 0 fully saturated rings. The van der Waals surface area contributed by atoms with Crippen molar-refractivity contribution in [3.8, 4) is 11.5 Å². The molecule has 0 aliphatic heterocycles. The minimum Gasteiger partial charge on any atom is -0.493 e. The van der Waals surface area contributed by atoms with Crippen molar-refractivity contribution in [2.45, 2.75) is 38.1 Å². The fraction of sp³-hybridized carbons (Fsp3) is 0.348. The Labute approximate surface area is 165 Å². The Morgan fingerprint density at radius 3 is 2.79 bits per heavy atom. The van der Waals surface area contributed by atoms with Gasteiger partial charge in [-0.2, -0.15) is 0 Å². The molecule has 0 unspecified atom stereocenters. The maximum atomic E-state index is 12.5. The summed E-state index contributed by atoms with van der Waals surface area (Å²) in [5.41, 5.74) is 4.78. The average molecular weight is 378 g/mol.